The Labute approximate surface area is 182 Å². The van der Waals surface area contributed by atoms with Gasteiger partial charge in [-0.15, -0.1) is 0 Å². The predicted molar refractivity (Wildman–Crippen MR) is 123 cm³/mol. The van der Waals surface area contributed by atoms with Crippen molar-refractivity contribution >= 4 is 0 Å². The molecule has 0 saturated carbocycles. The predicted octanol–water partition coefficient (Wildman–Crippen LogP) is 3.78. The van der Waals surface area contributed by atoms with Crippen molar-refractivity contribution in [2.45, 2.75) is 52.0 Å². The average Bonchev–Trinajstić information content (AvgIpc) is 2.75. The van der Waals surface area contributed by atoms with Gasteiger partial charge in [0.05, 0.1) is 12.2 Å². The van der Waals surface area contributed by atoms with Crippen LogP contribution in [-0.2, 0) is 13.1 Å². The fourth-order valence-corrected chi connectivity index (χ4v) is 4.20. The van der Waals surface area contributed by atoms with Crippen LogP contribution in [0.5, 0.6) is 0 Å². The maximum absolute atomic E-state index is 9.78. The lowest BCUT2D eigenvalue weighted by atomic mass is 9.96. The van der Waals surface area contributed by atoms with Crippen LogP contribution in [0.25, 0.3) is 0 Å². The van der Waals surface area contributed by atoms with Gasteiger partial charge in [0.15, 0.2) is 0 Å². The van der Waals surface area contributed by atoms with Crippen molar-refractivity contribution in [1.82, 2.24) is 9.80 Å². The summed E-state index contributed by atoms with van der Waals surface area (Å²) in [6.07, 6.45) is 1.91. The van der Waals surface area contributed by atoms with Gasteiger partial charge in [-0.1, -0.05) is 74.5 Å². The molecule has 2 aromatic carbocycles. The third kappa shape index (κ3) is 7.21. The van der Waals surface area contributed by atoms with E-state index in [1.54, 1.807) is 0 Å². The van der Waals surface area contributed by atoms with Gasteiger partial charge in [0.2, 0.25) is 0 Å². The molecule has 164 valence electrons. The standard InChI is InChI=1S/2C13H19NO/c2*1-11-7-8-14(10-13(11)15)9-12-5-3-2-4-6-12/h2*2-6,11,13,15H,7-10H2,1H3/t2*11-,13-/m10/s1. The number of hydrogen-bond acceptors (Lipinski definition) is 4. The van der Waals surface area contributed by atoms with Gasteiger partial charge in [-0.2, -0.15) is 0 Å². The third-order valence-electron chi connectivity index (χ3n) is 6.50. The molecule has 2 fully saturated rings. The Morgan fingerprint density at radius 1 is 0.667 bits per heavy atom. The number of β-amino-alcohol motifs (C(OH)–C–C–N with tert-alkyl or cyclic N) is 2. The van der Waals surface area contributed by atoms with Gasteiger partial charge in [0.25, 0.3) is 0 Å². The molecular formula is C26H38N2O2. The second-order valence-corrected chi connectivity index (χ2v) is 9.11. The highest BCUT2D eigenvalue weighted by Crippen LogP contribution is 2.19. The Balaban J connectivity index is 0.000000171. The van der Waals surface area contributed by atoms with E-state index in [4.69, 9.17) is 0 Å². The number of benzene rings is 2. The molecule has 0 unspecified atom stereocenters. The summed E-state index contributed by atoms with van der Waals surface area (Å²) in [4.78, 5) is 4.67. The molecular weight excluding hydrogens is 372 g/mol. The number of likely N-dealkylation sites (tertiary alicyclic amines) is 2. The van der Waals surface area contributed by atoms with E-state index < -0.39 is 0 Å². The third-order valence-corrected chi connectivity index (χ3v) is 6.50. The molecule has 0 radical (unpaired) electrons. The topological polar surface area (TPSA) is 46.9 Å². The minimum Gasteiger partial charge on any atom is -0.392 e. The highest BCUT2D eigenvalue weighted by molar-refractivity contribution is 5.15. The zero-order chi connectivity index (χ0) is 21.3. The molecule has 4 atom stereocenters. The SMILES string of the molecule is C[C@@H]1CCN(Cc2ccccc2)C[C@H]1O.C[C@H]1CCN(Cc2ccccc2)C[C@@H]1O. The molecule has 2 aliphatic heterocycles. The van der Waals surface area contributed by atoms with Gasteiger partial charge < -0.3 is 10.2 Å². The van der Waals surface area contributed by atoms with Crippen molar-refractivity contribution < 1.29 is 10.2 Å². The fourth-order valence-electron chi connectivity index (χ4n) is 4.20. The van der Waals surface area contributed by atoms with Gasteiger partial charge in [0, 0.05) is 26.2 Å². The van der Waals surface area contributed by atoms with Crippen molar-refractivity contribution in [3.05, 3.63) is 71.8 Å². The minimum atomic E-state index is -0.150. The van der Waals surface area contributed by atoms with E-state index in [2.05, 4.69) is 72.2 Å². The molecule has 2 saturated heterocycles. The van der Waals surface area contributed by atoms with Crippen molar-refractivity contribution in [3.63, 3.8) is 0 Å². The number of aliphatic hydroxyl groups is 2. The van der Waals surface area contributed by atoms with Gasteiger partial charge in [0.1, 0.15) is 0 Å². The first kappa shape index (κ1) is 23.0. The van der Waals surface area contributed by atoms with Crippen LogP contribution < -0.4 is 0 Å². The second kappa shape index (κ2) is 11.6. The zero-order valence-corrected chi connectivity index (χ0v) is 18.5. The Bertz CT molecular complexity index is 661. The molecule has 0 aromatic heterocycles. The van der Waals surface area contributed by atoms with Crippen LogP contribution in [0.4, 0.5) is 0 Å². The first-order valence-corrected chi connectivity index (χ1v) is 11.4. The van der Waals surface area contributed by atoms with E-state index in [1.165, 1.54) is 11.1 Å². The lowest BCUT2D eigenvalue weighted by molar-refractivity contribution is 0.0258. The number of hydrogen-bond donors (Lipinski definition) is 2. The molecule has 30 heavy (non-hydrogen) atoms. The van der Waals surface area contributed by atoms with Crippen LogP contribution in [0, 0.1) is 11.8 Å². The van der Waals surface area contributed by atoms with Crippen LogP contribution >= 0.6 is 0 Å². The Morgan fingerprint density at radius 2 is 1.03 bits per heavy atom. The van der Waals surface area contributed by atoms with Crippen molar-refractivity contribution in [1.29, 1.82) is 0 Å². The molecule has 2 N–H and O–H groups in total. The van der Waals surface area contributed by atoms with Gasteiger partial charge in [-0.05, 0) is 48.9 Å². The lowest BCUT2D eigenvalue weighted by Gasteiger charge is -2.34. The smallest absolute Gasteiger partial charge is 0.0693 e. The minimum absolute atomic E-state index is 0.150. The van der Waals surface area contributed by atoms with Crippen molar-refractivity contribution in [2.24, 2.45) is 11.8 Å². The average molecular weight is 411 g/mol. The maximum Gasteiger partial charge on any atom is 0.0693 e. The van der Waals surface area contributed by atoms with Gasteiger partial charge >= 0.3 is 0 Å². The monoisotopic (exact) mass is 410 g/mol. The van der Waals surface area contributed by atoms with E-state index in [-0.39, 0.29) is 12.2 Å². The quantitative estimate of drug-likeness (QED) is 0.805. The summed E-state index contributed by atoms with van der Waals surface area (Å²) in [5.41, 5.74) is 2.67. The van der Waals surface area contributed by atoms with Crippen molar-refractivity contribution in [2.75, 3.05) is 26.2 Å². The normalized spacial score (nSPS) is 27.9. The molecule has 0 amide bonds. The highest BCUT2D eigenvalue weighted by Gasteiger charge is 2.24. The largest absolute Gasteiger partial charge is 0.392 e. The van der Waals surface area contributed by atoms with Crippen LogP contribution in [0.2, 0.25) is 0 Å². The summed E-state index contributed by atoms with van der Waals surface area (Å²) >= 11 is 0. The van der Waals surface area contributed by atoms with E-state index in [0.29, 0.717) is 11.8 Å². The van der Waals surface area contributed by atoms with Crippen LogP contribution in [0.3, 0.4) is 0 Å². The van der Waals surface area contributed by atoms with Crippen molar-refractivity contribution in [3.8, 4) is 0 Å². The second-order valence-electron chi connectivity index (χ2n) is 9.11. The first-order chi connectivity index (χ1) is 14.5. The first-order valence-electron chi connectivity index (χ1n) is 11.4. The van der Waals surface area contributed by atoms with E-state index in [9.17, 15) is 10.2 Å². The highest BCUT2D eigenvalue weighted by atomic mass is 16.3. The number of piperidine rings is 2. The molecule has 0 spiro atoms. The fraction of sp³-hybridized carbons (Fsp3) is 0.538. The Morgan fingerprint density at radius 3 is 1.37 bits per heavy atom. The van der Waals surface area contributed by atoms with E-state index in [0.717, 1.165) is 52.1 Å². The van der Waals surface area contributed by atoms with Crippen LogP contribution in [-0.4, -0.2) is 58.4 Å². The van der Waals surface area contributed by atoms with E-state index in [1.807, 2.05) is 12.1 Å². The molecule has 0 aliphatic carbocycles. The number of rotatable bonds is 4. The summed E-state index contributed by atoms with van der Waals surface area (Å²) in [5, 5.41) is 19.6. The van der Waals surface area contributed by atoms with E-state index >= 15 is 0 Å². The molecule has 0 bridgehead atoms. The number of aliphatic hydroxyl groups excluding tert-OH is 2. The summed E-state index contributed by atoms with van der Waals surface area (Å²) in [7, 11) is 0. The van der Waals surface area contributed by atoms with Gasteiger partial charge in [-0.3, -0.25) is 9.80 Å². The summed E-state index contributed by atoms with van der Waals surface area (Å²) in [6.45, 7) is 10.0. The Hall–Kier alpha value is -1.72. The molecule has 4 nitrogen and oxygen atoms in total. The molecule has 4 rings (SSSR count). The van der Waals surface area contributed by atoms with Crippen LogP contribution in [0.1, 0.15) is 37.8 Å². The summed E-state index contributed by atoms with van der Waals surface area (Å²) in [5.74, 6) is 0.911. The van der Waals surface area contributed by atoms with Crippen LogP contribution in [0.15, 0.2) is 60.7 Å². The maximum atomic E-state index is 9.78. The molecule has 2 aromatic rings. The molecule has 2 aliphatic rings. The summed E-state index contributed by atoms with van der Waals surface area (Å²) < 4.78 is 0. The Kier molecular flexibility index (Phi) is 8.88. The number of nitrogens with zero attached hydrogens (tertiary/aromatic N) is 2. The molecule has 2 heterocycles. The molecule has 4 heteroatoms. The van der Waals surface area contributed by atoms with Gasteiger partial charge in [-0.25, -0.2) is 0 Å². The summed E-state index contributed by atoms with van der Waals surface area (Å²) in [6, 6.07) is 20.9. The zero-order valence-electron chi connectivity index (χ0n) is 18.5. The lowest BCUT2D eigenvalue weighted by Crippen LogP contribution is -2.42.